The van der Waals surface area contributed by atoms with Gasteiger partial charge in [0.1, 0.15) is 40.8 Å². The highest BCUT2D eigenvalue weighted by Crippen LogP contribution is 2.33. The van der Waals surface area contributed by atoms with Gasteiger partial charge in [-0.05, 0) is 229 Å². The third kappa shape index (κ3) is 49.8. The van der Waals surface area contributed by atoms with Gasteiger partial charge in [0.2, 0.25) is 0 Å². The average molecular weight is 1980 g/mol. The van der Waals surface area contributed by atoms with Gasteiger partial charge in [-0.15, -0.1) is 58.0 Å². The Morgan fingerprint density at radius 1 is 0.558 bits per heavy atom. The lowest BCUT2D eigenvalue weighted by atomic mass is 9.87. The van der Waals surface area contributed by atoms with Gasteiger partial charge in [0.15, 0.2) is 0 Å². The fourth-order valence-corrected chi connectivity index (χ4v) is 12.7. The SMILES string of the molecule is CCOc1ccc(N(CCCl)CCCl)cc1C[C@@H](CC)N[B]C=O.CCOc1ccc(N(CCCl)CCCl)cc1C[C@H](N)CC(=O)O.CCOc1ccc(N)cc1Br.CCOc1ccc(N)cc1C[C@@H](CC)N[B]C=O.CCOc1ccc([N+](=O)[O-])cc1Br.CC[C@H](CI)NB(C)O.O=CCCl.O=[N+]([O-])c1ccc(O)c(Br)c1. The van der Waals surface area contributed by atoms with Gasteiger partial charge in [0.05, 0.1) is 81.0 Å². The number of rotatable bonds is 43. The Hall–Kier alpha value is -5.79. The molecule has 12 N–H and O–H groups in total. The number of phenolic OH excluding ortho intramolecular Hbond substituents is 1. The minimum atomic E-state index is -0.905. The Morgan fingerprint density at radius 2 is 0.903 bits per heavy atom. The molecule has 6 rings (SSSR count). The predicted octanol–water partition coefficient (Wildman–Crippen LogP) is 15.8. The number of carbonyl (C=O) groups is 4. The molecule has 0 bridgehead atoms. The van der Waals surface area contributed by atoms with Crippen LogP contribution < -0.4 is 66.4 Å². The molecule has 0 fully saturated rings. The summed E-state index contributed by atoms with van der Waals surface area (Å²) in [7, 11) is 2.51. The van der Waals surface area contributed by atoms with Crippen molar-refractivity contribution in [3.8, 4) is 34.5 Å². The summed E-state index contributed by atoms with van der Waals surface area (Å²) in [6, 6.07) is 31.7. The van der Waals surface area contributed by atoms with Crippen LogP contribution in [0, 0.1) is 20.2 Å². The number of hydrogen-bond donors (Lipinski definition) is 9. The Morgan fingerprint density at radius 3 is 1.22 bits per heavy atom. The maximum atomic E-state index is 10.8. The molecular formula is C75H108B3Br3Cl5IN10O16. The van der Waals surface area contributed by atoms with Gasteiger partial charge in [0, 0.05) is 125 Å². The molecule has 0 aliphatic rings. The number of nitrogen functional groups attached to an aromatic ring is 2. The van der Waals surface area contributed by atoms with E-state index in [1.807, 2.05) is 101 Å². The second-order valence-electron chi connectivity index (χ2n) is 23.3. The van der Waals surface area contributed by atoms with E-state index >= 15 is 0 Å². The number of anilines is 4. The Balaban J connectivity index is 0. The summed E-state index contributed by atoms with van der Waals surface area (Å²) in [5, 5.41) is 56.5. The van der Waals surface area contributed by atoms with Crippen molar-refractivity contribution in [3.63, 3.8) is 0 Å². The minimum Gasteiger partial charge on any atom is -0.507 e. The number of non-ortho nitro benzene ring substituents is 2. The second kappa shape index (κ2) is 68.3. The first-order valence-electron chi connectivity index (χ1n) is 36.2. The average Bonchev–Trinajstić information content (AvgIpc) is 0.818. The van der Waals surface area contributed by atoms with Crippen molar-refractivity contribution in [1.82, 2.24) is 15.7 Å². The smallest absolute Gasteiger partial charge is 0.373 e. The van der Waals surface area contributed by atoms with Crippen LogP contribution in [0.5, 0.6) is 34.5 Å². The molecule has 26 nitrogen and oxygen atoms in total. The zero-order valence-corrected chi connectivity index (χ0v) is 76.0. The summed E-state index contributed by atoms with van der Waals surface area (Å²) in [6.07, 6.45) is 6.98. The number of aldehydes is 1. The number of benzene rings is 6. The van der Waals surface area contributed by atoms with Crippen molar-refractivity contribution in [3.05, 3.63) is 160 Å². The number of nitro groups is 2. The van der Waals surface area contributed by atoms with E-state index in [4.69, 9.17) is 119 Å². The van der Waals surface area contributed by atoms with E-state index in [1.54, 1.807) is 12.9 Å². The molecule has 0 heterocycles. The zero-order valence-electron chi connectivity index (χ0n) is 65.3. The van der Waals surface area contributed by atoms with Crippen LogP contribution in [0.4, 0.5) is 34.1 Å². The largest absolute Gasteiger partial charge is 0.507 e. The van der Waals surface area contributed by atoms with Crippen molar-refractivity contribution in [2.75, 3.05) is 114 Å². The van der Waals surface area contributed by atoms with Gasteiger partial charge in [-0.25, -0.2) is 0 Å². The minimum absolute atomic E-state index is 0.00407. The van der Waals surface area contributed by atoms with Crippen LogP contribution in [-0.4, -0.2) is 189 Å². The van der Waals surface area contributed by atoms with Crippen LogP contribution >= 0.6 is 128 Å². The summed E-state index contributed by atoms with van der Waals surface area (Å²) in [5.41, 5.74) is 23.9. The van der Waals surface area contributed by atoms with E-state index in [0.717, 1.165) is 129 Å². The molecule has 0 unspecified atom stereocenters. The summed E-state index contributed by atoms with van der Waals surface area (Å²) in [4.78, 5) is 64.6. The third-order valence-electron chi connectivity index (χ3n) is 14.9. The normalized spacial score (nSPS) is 11.1. The van der Waals surface area contributed by atoms with Crippen LogP contribution in [0.15, 0.2) is 123 Å². The molecule has 113 heavy (non-hydrogen) atoms. The first-order valence-corrected chi connectivity index (χ1v) is 42.8. The number of hydrogen-bond acceptors (Lipinski definition) is 23. The first kappa shape index (κ1) is 109. The van der Waals surface area contributed by atoms with E-state index in [1.165, 1.54) is 45.2 Å². The Bertz CT molecular complexity index is 3620. The lowest BCUT2D eigenvalue weighted by Gasteiger charge is -2.25. The summed E-state index contributed by atoms with van der Waals surface area (Å²) in [5.74, 6) is 5.22. The topological polar surface area (TPSA) is 382 Å². The van der Waals surface area contributed by atoms with E-state index in [0.29, 0.717) is 103 Å². The number of aromatic hydroxyl groups is 1. The molecule has 38 heteroatoms. The van der Waals surface area contributed by atoms with Gasteiger partial charge in [-0.3, -0.25) is 25.0 Å². The number of carboxylic acid groups (broad SMARTS) is 1. The number of ether oxygens (including phenoxy) is 5. The number of alkyl halides is 6. The molecule has 0 amide bonds. The number of nitrogens with zero attached hydrogens (tertiary/aromatic N) is 4. The molecule has 0 aliphatic heterocycles. The summed E-state index contributed by atoms with van der Waals surface area (Å²) < 4.78 is 30.3. The van der Waals surface area contributed by atoms with Crippen molar-refractivity contribution in [1.29, 1.82) is 0 Å². The second-order valence-corrected chi connectivity index (χ2v) is 28.6. The molecule has 6 aromatic carbocycles. The van der Waals surface area contributed by atoms with E-state index in [9.17, 15) is 34.6 Å². The standard InChI is InChI=1S/C17H26BCl2N2O2.C16H24Cl2N2O3.C13H20BN2O2.C8H8BrNO3.C8H10BrNO.C6H4BrNO3.C5H13BINO.C2H3ClO/c1-3-15(21-18-13-23)11-14-12-16(5-6-17(14)24-4-2)22(9-7-19)10-8-20;1-2-23-15-4-3-14(20(7-5-17)8-6-18)10-12(15)9-13(19)11-16(21)22;1-3-12(16-14-9-17)8-10-7-11(15)5-6-13(10)18-4-2;1-2-13-8-4-3-6(10(11)12)5-7(8)9;1-2-11-8-4-3-6(10)5-7(8)9;7-5-3-4(8(10)11)1-2-6(5)9;1-3-5(4-7)8-6(2)9;3-1-2-4/h5-6,12-13,15,21H,3-4,7-11H2,1-2H3;3-4,10,13H,2,5-9,11,19H2,1H3,(H,21,22);5-7,9,12,16H,3-4,8,15H2,1-2H3;3-5H,2H2,1H3;3-5H,2,10H2,1H3;1-3,9H;5,8-9H,3-4H2,1-2H3;2H,1H2/t15-;13-;12-;;;;5-;/m101...1./s1. The van der Waals surface area contributed by atoms with Crippen molar-refractivity contribution in [2.24, 2.45) is 5.73 Å². The monoisotopic (exact) mass is 1980 g/mol. The number of phenols is 1. The van der Waals surface area contributed by atoms with Crippen molar-refractivity contribution >= 4 is 209 Å². The van der Waals surface area contributed by atoms with Crippen LogP contribution in [0.2, 0.25) is 6.82 Å². The van der Waals surface area contributed by atoms with Crippen LogP contribution in [-0.2, 0) is 38.4 Å². The summed E-state index contributed by atoms with van der Waals surface area (Å²) in [6.45, 7) is 23.5. The highest BCUT2D eigenvalue weighted by Gasteiger charge is 2.19. The van der Waals surface area contributed by atoms with Crippen LogP contribution in [0.1, 0.15) is 97.8 Å². The van der Waals surface area contributed by atoms with E-state index in [2.05, 4.69) is 123 Å². The Labute approximate surface area is 731 Å². The van der Waals surface area contributed by atoms with Gasteiger partial charge < -0.3 is 96.0 Å². The summed E-state index contributed by atoms with van der Waals surface area (Å²) >= 11 is 40.1. The molecule has 0 aliphatic carbocycles. The van der Waals surface area contributed by atoms with Gasteiger partial charge in [0.25, 0.3) is 26.2 Å². The molecule has 6 aromatic rings. The van der Waals surface area contributed by atoms with E-state index in [-0.39, 0.29) is 48.6 Å². The first-order chi connectivity index (χ1) is 54.0. The molecule has 0 aromatic heterocycles. The van der Waals surface area contributed by atoms with Gasteiger partial charge in [-0.2, -0.15) is 0 Å². The van der Waals surface area contributed by atoms with Crippen LogP contribution in [0.3, 0.4) is 0 Å². The van der Waals surface area contributed by atoms with Crippen molar-refractivity contribution < 1.29 is 67.9 Å². The number of carboxylic acids is 1. The fraction of sp³-hybridized carbons (Fsp3) is 0.467. The predicted molar refractivity (Wildman–Crippen MR) is 486 cm³/mol. The molecule has 0 spiro atoms. The highest BCUT2D eigenvalue weighted by molar-refractivity contribution is 14.1. The molecule has 626 valence electrons. The van der Waals surface area contributed by atoms with Gasteiger partial charge in [-0.1, -0.05) is 43.4 Å². The molecule has 0 saturated heterocycles. The number of nitrogens with one attached hydrogen (secondary N) is 3. The third-order valence-corrected chi connectivity index (χ3v) is 18.6. The molecular weight excluding hydrogens is 1870 g/mol. The Kier molecular flexibility index (Phi) is 66.0. The number of nitro benzene ring substituents is 2. The number of aliphatic carboxylic acids is 1. The fourth-order valence-electron chi connectivity index (χ4n) is 9.63. The quantitative estimate of drug-likeness (QED) is 0.00326. The van der Waals surface area contributed by atoms with E-state index < -0.39 is 21.9 Å². The van der Waals surface area contributed by atoms with Crippen LogP contribution in [0.25, 0.3) is 0 Å². The number of halogens is 9. The molecule has 2 radical (unpaired) electrons. The molecule has 4 atom stereocenters. The number of nitrogens with two attached hydrogens (primary N) is 3. The number of carbonyl (C=O) groups excluding carboxylic acids is 3. The van der Waals surface area contributed by atoms with Gasteiger partial charge >= 0.3 is 13.0 Å². The zero-order chi connectivity index (χ0) is 85.6. The highest BCUT2D eigenvalue weighted by atomic mass is 127. The maximum absolute atomic E-state index is 10.8. The van der Waals surface area contributed by atoms with Crippen molar-refractivity contribution in [2.45, 2.75) is 131 Å². The lowest BCUT2D eigenvalue weighted by Crippen LogP contribution is -2.40. The maximum Gasteiger partial charge on any atom is 0.373 e. The molecule has 0 saturated carbocycles. The lowest BCUT2D eigenvalue weighted by molar-refractivity contribution is -0.385.